The molecule has 2 aromatic carbocycles. The maximum atomic E-state index is 13.5. The molecule has 22 heavy (non-hydrogen) atoms. The first kappa shape index (κ1) is 16.2. The first-order valence-electron chi connectivity index (χ1n) is 6.61. The van der Waals surface area contributed by atoms with Crippen molar-refractivity contribution in [1.82, 2.24) is 0 Å². The summed E-state index contributed by atoms with van der Waals surface area (Å²) in [5.74, 6) is -0.849. The maximum absolute atomic E-state index is 13.5. The predicted molar refractivity (Wildman–Crippen MR) is 83.0 cm³/mol. The molecule has 1 amide bonds. The van der Waals surface area contributed by atoms with Gasteiger partial charge in [0.15, 0.2) is 9.84 Å². The second-order valence-corrected chi connectivity index (χ2v) is 7.08. The van der Waals surface area contributed by atoms with Gasteiger partial charge >= 0.3 is 0 Å². The summed E-state index contributed by atoms with van der Waals surface area (Å²) >= 11 is 0. The second kappa shape index (κ2) is 6.27. The van der Waals surface area contributed by atoms with E-state index >= 15 is 0 Å². The van der Waals surface area contributed by atoms with Gasteiger partial charge in [-0.1, -0.05) is 24.3 Å². The fourth-order valence-electron chi connectivity index (χ4n) is 1.98. The van der Waals surface area contributed by atoms with Gasteiger partial charge in [0, 0.05) is 11.9 Å². The number of amides is 1. The number of carbonyl (C=O) groups is 1. The van der Waals surface area contributed by atoms with Crippen LogP contribution >= 0.6 is 0 Å². The lowest BCUT2D eigenvalue weighted by atomic mass is 10.1. The SMILES string of the molecule is Cc1ccc(S(C)(=O)=O)cc1NC(=O)Cc1ccccc1F. The van der Waals surface area contributed by atoms with E-state index in [2.05, 4.69) is 5.32 Å². The predicted octanol–water partition coefficient (Wildman–Crippen LogP) is 2.72. The van der Waals surface area contributed by atoms with Gasteiger partial charge in [-0.3, -0.25) is 4.79 Å². The highest BCUT2D eigenvalue weighted by Gasteiger charge is 2.12. The summed E-state index contributed by atoms with van der Waals surface area (Å²) in [4.78, 5) is 12.1. The highest BCUT2D eigenvalue weighted by molar-refractivity contribution is 7.90. The molecule has 0 aliphatic heterocycles. The zero-order valence-corrected chi connectivity index (χ0v) is 13.1. The minimum absolute atomic E-state index is 0.116. The van der Waals surface area contributed by atoms with Crippen LogP contribution in [-0.4, -0.2) is 20.6 Å². The average molecular weight is 321 g/mol. The Balaban J connectivity index is 2.20. The first-order chi connectivity index (χ1) is 10.3. The van der Waals surface area contributed by atoms with Crippen molar-refractivity contribution in [2.24, 2.45) is 0 Å². The van der Waals surface area contributed by atoms with Crippen LogP contribution in [0.3, 0.4) is 0 Å². The van der Waals surface area contributed by atoms with Crippen molar-refractivity contribution in [3.8, 4) is 0 Å². The number of sulfone groups is 1. The molecule has 4 nitrogen and oxygen atoms in total. The quantitative estimate of drug-likeness (QED) is 0.942. The van der Waals surface area contributed by atoms with Crippen LogP contribution in [0.2, 0.25) is 0 Å². The molecule has 0 spiro atoms. The van der Waals surface area contributed by atoms with Gasteiger partial charge < -0.3 is 5.32 Å². The summed E-state index contributed by atoms with van der Waals surface area (Å²) in [6.07, 6.45) is 0.984. The number of aryl methyl sites for hydroxylation is 1. The summed E-state index contributed by atoms with van der Waals surface area (Å²) in [5.41, 5.74) is 1.43. The van der Waals surface area contributed by atoms with E-state index in [1.807, 2.05) is 0 Å². The number of rotatable bonds is 4. The summed E-state index contributed by atoms with van der Waals surface area (Å²) in [6, 6.07) is 10.5. The van der Waals surface area contributed by atoms with E-state index in [-0.39, 0.29) is 16.9 Å². The fourth-order valence-corrected chi connectivity index (χ4v) is 2.62. The van der Waals surface area contributed by atoms with Crippen LogP contribution in [0.25, 0.3) is 0 Å². The van der Waals surface area contributed by atoms with Crippen molar-refractivity contribution in [2.45, 2.75) is 18.2 Å². The van der Waals surface area contributed by atoms with Crippen LogP contribution in [0.1, 0.15) is 11.1 Å². The Hall–Kier alpha value is -2.21. The molecule has 0 unspecified atom stereocenters. The van der Waals surface area contributed by atoms with Crippen LogP contribution in [0.4, 0.5) is 10.1 Å². The Kier molecular flexibility index (Phi) is 4.61. The number of hydrogen-bond donors (Lipinski definition) is 1. The van der Waals surface area contributed by atoms with Crippen molar-refractivity contribution in [1.29, 1.82) is 0 Å². The third-order valence-corrected chi connectivity index (χ3v) is 4.33. The Labute approximate surface area is 128 Å². The molecule has 0 radical (unpaired) electrons. The number of anilines is 1. The van der Waals surface area contributed by atoms with Crippen molar-refractivity contribution < 1.29 is 17.6 Å². The lowest BCUT2D eigenvalue weighted by Gasteiger charge is -2.10. The van der Waals surface area contributed by atoms with Gasteiger partial charge in [0.05, 0.1) is 11.3 Å². The van der Waals surface area contributed by atoms with Gasteiger partial charge in [-0.05, 0) is 36.2 Å². The molecule has 0 bridgehead atoms. The molecule has 6 heteroatoms. The second-order valence-electron chi connectivity index (χ2n) is 5.07. The van der Waals surface area contributed by atoms with Gasteiger partial charge in [-0.25, -0.2) is 12.8 Å². The zero-order valence-electron chi connectivity index (χ0n) is 12.3. The van der Waals surface area contributed by atoms with Crippen molar-refractivity contribution in [3.63, 3.8) is 0 Å². The van der Waals surface area contributed by atoms with Crippen LogP contribution in [-0.2, 0) is 21.1 Å². The topological polar surface area (TPSA) is 63.2 Å². The van der Waals surface area contributed by atoms with Crippen LogP contribution in [0, 0.1) is 12.7 Å². The third-order valence-electron chi connectivity index (χ3n) is 3.22. The minimum Gasteiger partial charge on any atom is -0.326 e. The Morgan fingerprint density at radius 3 is 2.50 bits per heavy atom. The molecule has 0 heterocycles. The fraction of sp³-hybridized carbons (Fsp3) is 0.188. The number of carbonyl (C=O) groups excluding carboxylic acids is 1. The van der Waals surface area contributed by atoms with E-state index in [0.29, 0.717) is 5.69 Å². The Morgan fingerprint density at radius 2 is 1.86 bits per heavy atom. The monoisotopic (exact) mass is 321 g/mol. The molecular formula is C16H16FNO3S. The van der Waals surface area contributed by atoms with E-state index in [4.69, 9.17) is 0 Å². The lowest BCUT2D eigenvalue weighted by molar-refractivity contribution is -0.115. The molecule has 0 aliphatic rings. The first-order valence-corrected chi connectivity index (χ1v) is 8.50. The molecule has 2 rings (SSSR count). The number of benzene rings is 2. The lowest BCUT2D eigenvalue weighted by Crippen LogP contribution is -2.16. The normalized spacial score (nSPS) is 11.2. The Bertz CT molecular complexity index is 816. The molecule has 2 aromatic rings. The van der Waals surface area contributed by atoms with Gasteiger partial charge in [-0.2, -0.15) is 0 Å². The standard InChI is InChI=1S/C16H16FNO3S/c1-11-7-8-13(22(2,20)21)10-15(11)18-16(19)9-12-5-3-4-6-14(12)17/h3-8,10H,9H2,1-2H3,(H,18,19). The Morgan fingerprint density at radius 1 is 1.18 bits per heavy atom. The summed E-state index contributed by atoms with van der Waals surface area (Å²) in [5, 5.41) is 2.63. The van der Waals surface area contributed by atoms with Gasteiger partial charge in [0.2, 0.25) is 5.91 Å². The molecule has 0 fully saturated rings. The highest BCUT2D eigenvalue weighted by Crippen LogP contribution is 2.20. The van der Waals surface area contributed by atoms with Crippen molar-refractivity contribution >= 4 is 21.4 Å². The molecule has 116 valence electrons. The average Bonchev–Trinajstić information content (AvgIpc) is 2.42. The molecule has 0 atom stereocenters. The van der Waals surface area contributed by atoms with Crippen LogP contribution < -0.4 is 5.32 Å². The zero-order chi connectivity index (χ0) is 16.3. The van der Waals surface area contributed by atoms with Gasteiger partial charge in [0.1, 0.15) is 5.82 Å². The summed E-state index contributed by atoms with van der Waals surface area (Å²) < 4.78 is 36.6. The van der Waals surface area contributed by atoms with E-state index in [9.17, 15) is 17.6 Å². The number of nitrogens with one attached hydrogen (secondary N) is 1. The largest absolute Gasteiger partial charge is 0.326 e. The highest BCUT2D eigenvalue weighted by atomic mass is 32.2. The van der Waals surface area contributed by atoms with Crippen molar-refractivity contribution in [2.75, 3.05) is 11.6 Å². The van der Waals surface area contributed by atoms with Crippen LogP contribution in [0.15, 0.2) is 47.4 Å². The van der Waals surface area contributed by atoms with Gasteiger partial charge in [0.25, 0.3) is 0 Å². The van der Waals surface area contributed by atoms with E-state index in [1.54, 1.807) is 25.1 Å². The molecule has 0 aromatic heterocycles. The van der Waals surface area contributed by atoms with Crippen LogP contribution in [0.5, 0.6) is 0 Å². The minimum atomic E-state index is -3.35. The van der Waals surface area contributed by atoms with E-state index in [0.717, 1.165) is 11.8 Å². The number of hydrogen-bond acceptors (Lipinski definition) is 3. The molecule has 0 saturated heterocycles. The van der Waals surface area contributed by atoms with E-state index < -0.39 is 21.6 Å². The summed E-state index contributed by atoms with van der Waals surface area (Å²) in [7, 11) is -3.35. The van der Waals surface area contributed by atoms with Crippen molar-refractivity contribution in [3.05, 3.63) is 59.4 Å². The van der Waals surface area contributed by atoms with E-state index in [1.165, 1.54) is 24.3 Å². The molecule has 1 N–H and O–H groups in total. The molecular weight excluding hydrogens is 305 g/mol. The smallest absolute Gasteiger partial charge is 0.228 e. The summed E-state index contributed by atoms with van der Waals surface area (Å²) in [6.45, 7) is 1.75. The molecule has 0 aliphatic carbocycles. The number of halogens is 1. The molecule has 0 saturated carbocycles. The third kappa shape index (κ3) is 3.92. The van der Waals surface area contributed by atoms with Gasteiger partial charge in [-0.15, -0.1) is 0 Å². The maximum Gasteiger partial charge on any atom is 0.228 e.